The molecule has 0 radical (unpaired) electrons. The first-order valence-corrected chi connectivity index (χ1v) is 5.22. The van der Waals surface area contributed by atoms with E-state index in [0.29, 0.717) is 5.78 Å². The number of carbonyl (C=O) groups is 1. The monoisotopic (exact) mass is 168 g/mol. The second-order valence-corrected chi connectivity index (χ2v) is 4.29. The highest BCUT2D eigenvalue weighted by atomic mass is 16.1. The average Bonchev–Trinajstić information content (AvgIpc) is 2.17. The molecular formula is C11H20O. The Morgan fingerprint density at radius 1 is 1.33 bits per heavy atom. The van der Waals surface area contributed by atoms with E-state index in [2.05, 4.69) is 13.8 Å². The standard InChI is InChI=1S/C11H20O/c1-3-8-11(2)9-6-4-5-7-10(11)12/h3-9H2,1-2H3. The quantitative estimate of drug-likeness (QED) is 0.578. The highest BCUT2D eigenvalue weighted by Crippen LogP contribution is 2.35. The van der Waals surface area contributed by atoms with Crippen molar-refractivity contribution in [1.82, 2.24) is 0 Å². The van der Waals surface area contributed by atoms with Crippen molar-refractivity contribution < 1.29 is 4.79 Å². The maximum Gasteiger partial charge on any atom is 0.138 e. The molecule has 0 spiro atoms. The topological polar surface area (TPSA) is 17.1 Å². The minimum Gasteiger partial charge on any atom is -0.299 e. The number of ketones is 1. The Kier molecular flexibility index (Phi) is 3.30. The molecule has 0 aliphatic heterocycles. The number of hydrogen-bond acceptors (Lipinski definition) is 1. The van der Waals surface area contributed by atoms with E-state index in [0.717, 1.165) is 32.1 Å². The van der Waals surface area contributed by atoms with Crippen molar-refractivity contribution in [3.05, 3.63) is 0 Å². The predicted octanol–water partition coefficient (Wildman–Crippen LogP) is 3.33. The zero-order valence-corrected chi connectivity index (χ0v) is 8.36. The highest BCUT2D eigenvalue weighted by Gasteiger charge is 2.32. The van der Waals surface area contributed by atoms with Crippen LogP contribution in [0, 0.1) is 5.41 Å². The average molecular weight is 168 g/mol. The molecule has 0 N–H and O–H groups in total. The molecule has 0 amide bonds. The maximum absolute atomic E-state index is 11.7. The van der Waals surface area contributed by atoms with Gasteiger partial charge in [-0.2, -0.15) is 0 Å². The van der Waals surface area contributed by atoms with Crippen molar-refractivity contribution in [3.8, 4) is 0 Å². The summed E-state index contributed by atoms with van der Waals surface area (Å²) in [6.07, 6.45) is 7.82. The van der Waals surface area contributed by atoms with Gasteiger partial charge in [0.2, 0.25) is 0 Å². The third kappa shape index (κ3) is 2.09. The van der Waals surface area contributed by atoms with Crippen LogP contribution in [0.5, 0.6) is 0 Å². The van der Waals surface area contributed by atoms with Crippen molar-refractivity contribution in [3.63, 3.8) is 0 Å². The van der Waals surface area contributed by atoms with Crippen LogP contribution in [0.15, 0.2) is 0 Å². The van der Waals surface area contributed by atoms with E-state index in [-0.39, 0.29) is 5.41 Å². The number of rotatable bonds is 2. The summed E-state index contributed by atoms with van der Waals surface area (Å²) in [4.78, 5) is 11.7. The molecule has 0 bridgehead atoms. The Morgan fingerprint density at radius 3 is 2.75 bits per heavy atom. The molecule has 12 heavy (non-hydrogen) atoms. The fourth-order valence-corrected chi connectivity index (χ4v) is 2.23. The van der Waals surface area contributed by atoms with Crippen molar-refractivity contribution in [2.75, 3.05) is 0 Å². The van der Waals surface area contributed by atoms with E-state index in [9.17, 15) is 4.79 Å². The van der Waals surface area contributed by atoms with Crippen molar-refractivity contribution in [2.45, 2.75) is 58.8 Å². The van der Waals surface area contributed by atoms with Gasteiger partial charge in [-0.05, 0) is 19.3 Å². The predicted molar refractivity (Wildman–Crippen MR) is 51.1 cm³/mol. The Labute approximate surface area is 75.5 Å². The Balaban J connectivity index is 2.62. The lowest BCUT2D eigenvalue weighted by Gasteiger charge is -2.25. The second kappa shape index (κ2) is 4.06. The van der Waals surface area contributed by atoms with Crippen LogP contribution in [0.1, 0.15) is 58.8 Å². The first-order chi connectivity index (χ1) is 5.69. The molecular weight excluding hydrogens is 148 g/mol. The lowest BCUT2D eigenvalue weighted by Crippen LogP contribution is -2.26. The van der Waals surface area contributed by atoms with Crippen molar-refractivity contribution >= 4 is 5.78 Å². The summed E-state index contributed by atoms with van der Waals surface area (Å²) in [6, 6.07) is 0. The Morgan fingerprint density at radius 2 is 2.08 bits per heavy atom. The Bertz CT molecular complexity index is 162. The van der Waals surface area contributed by atoms with Gasteiger partial charge in [0.15, 0.2) is 0 Å². The summed E-state index contributed by atoms with van der Waals surface area (Å²) in [6.45, 7) is 4.33. The zero-order chi connectivity index (χ0) is 9.03. The minimum atomic E-state index is 0.0330. The van der Waals surface area contributed by atoms with Gasteiger partial charge in [-0.15, -0.1) is 0 Å². The number of carbonyl (C=O) groups excluding carboxylic acids is 1. The minimum absolute atomic E-state index is 0.0330. The van der Waals surface area contributed by atoms with Crippen LogP contribution in [0.2, 0.25) is 0 Å². The second-order valence-electron chi connectivity index (χ2n) is 4.29. The first-order valence-electron chi connectivity index (χ1n) is 5.22. The molecule has 0 aromatic carbocycles. The Hall–Kier alpha value is -0.330. The van der Waals surface area contributed by atoms with Gasteiger partial charge in [-0.25, -0.2) is 0 Å². The van der Waals surface area contributed by atoms with Gasteiger partial charge >= 0.3 is 0 Å². The summed E-state index contributed by atoms with van der Waals surface area (Å²) in [5, 5.41) is 0. The van der Waals surface area contributed by atoms with Gasteiger partial charge in [-0.3, -0.25) is 4.79 Å². The van der Waals surface area contributed by atoms with Crippen LogP contribution in [0.3, 0.4) is 0 Å². The maximum atomic E-state index is 11.7. The lowest BCUT2D eigenvalue weighted by atomic mass is 9.78. The van der Waals surface area contributed by atoms with E-state index in [1.807, 2.05) is 0 Å². The molecule has 1 saturated carbocycles. The normalized spacial score (nSPS) is 31.7. The van der Waals surface area contributed by atoms with E-state index < -0.39 is 0 Å². The van der Waals surface area contributed by atoms with Crippen molar-refractivity contribution in [2.24, 2.45) is 5.41 Å². The van der Waals surface area contributed by atoms with Gasteiger partial charge in [0.25, 0.3) is 0 Å². The van der Waals surface area contributed by atoms with E-state index >= 15 is 0 Å². The molecule has 0 heterocycles. The molecule has 1 heteroatoms. The van der Waals surface area contributed by atoms with Crippen LogP contribution >= 0.6 is 0 Å². The van der Waals surface area contributed by atoms with Gasteiger partial charge in [0.05, 0.1) is 0 Å². The van der Waals surface area contributed by atoms with Gasteiger partial charge < -0.3 is 0 Å². The summed E-state index contributed by atoms with van der Waals surface area (Å²) in [5.74, 6) is 0.516. The molecule has 0 saturated heterocycles. The van der Waals surface area contributed by atoms with Crippen LogP contribution in [-0.2, 0) is 4.79 Å². The molecule has 1 aliphatic carbocycles. The summed E-state index contributed by atoms with van der Waals surface area (Å²) in [7, 11) is 0. The fraction of sp³-hybridized carbons (Fsp3) is 0.909. The molecule has 70 valence electrons. The molecule has 1 aliphatic rings. The molecule has 1 fully saturated rings. The van der Waals surface area contributed by atoms with Crippen LogP contribution in [0.4, 0.5) is 0 Å². The van der Waals surface area contributed by atoms with E-state index in [4.69, 9.17) is 0 Å². The van der Waals surface area contributed by atoms with Gasteiger partial charge in [0, 0.05) is 11.8 Å². The smallest absolute Gasteiger partial charge is 0.138 e. The third-order valence-electron chi connectivity index (χ3n) is 3.11. The number of hydrogen-bond donors (Lipinski definition) is 0. The summed E-state index contributed by atoms with van der Waals surface area (Å²) < 4.78 is 0. The number of Topliss-reactive ketones (excluding diaryl/α,β-unsaturated/α-hetero) is 1. The van der Waals surface area contributed by atoms with Crippen molar-refractivity contribution in [1.29, 1.82) is 0 Å². The lowest BCUT2D eigenvalue weighted by molar-refractivity contribution is -0.128. The molecule has 1 unspecified atom stereocenters. The SMILES string of the molecule is CCCC1(C)CCCCCC1=O. The molecule has 1 atom stereocenters. The highest BCUT2D eigenvalue weighted by molar-refractivity contribution is 5.84. The van der Waals surface area contributed by atoms with Crippen LogP contribution in [-0.4, -0.2) is 5.78 Å². The summed E-state index contributed by atoms with van der Waals surface area (Å²) in [5.41, 5.74) is 0.0330. The fourth-order valence-electron chi connectivity index (χ4n) is 2.23. The third-order valence-corrected chi connectivity index (χ3v) is 3.11. The molecule has 0 aromatic heterocycles. The molecule has 1 nitrogen and oxygen atoms in total. The molecule has 1 rings (SSSR count). The van der Waals surface area contributed by atoms with E-state index in [1.165, 1.54) is 12.8 Å². The zero-order valence-electron chi connectivity index (χ0n) is 8.36. The van der Waals surface area contributed by atoms with Gasteiger partial charge in [0.1, 0.15) is 5.78 Å². The first kappa shape index (κ1) is 9.76. The van der Waals surface area contributed by atoms with Gasteiger partial charge in [-0.1, -0.05) is 33.1 Å². The van der Waals surface area contributed by atoms with Crippen LogP contribution in [0.25, 0.3) is 0 Å². The van der Waals surface area contributed by atoms with Crippen LogP contribution < -0.4 is 0 Å². The largest absolute Gasteiger partial charge is 0.299 e. The summed E-state index contributed by atoms with van der Waals surface area (Å²) >= 11 is 0. The van der Waals surface area contributed by atoms with E-state index in [1.54, 1.807) is 0 Å². The molecule has 0 aromatic rings.